The molecule has 2 aromatic carbocycles. The SMILES string of the molecule is Nc1ccccc1C(=O)Nc1n[nH]c2cc(C(=O)N[C@H](CN3CCCC3)c3ccccc3)oc12. The Balaban J connectivity index is 1.34. The molecule has 0 spiro atoms. The maximum atomic E-state index is 13.1. The van der Waals surface area contributed by atoms with E-state index in [2.05, 4.69) is 25.7 Å². The molecule has 5 rings (SSSR count). The molecule has 34 heavy (non-hydrogen) atoms. The number of carbonyl (C=O) groups excluding carboxylic acids is 2. The number of anilines is 2. The number of nitrogen functional groups attached to an aromatic ring is 1. The summed E-state index contributed by atoms with van der Waals surface area (Å²) in [4.78, 5) is 28.1. The highest BCUT2D eigenvalue weighted by Gasteiger charge is 2.24. The Morgan fingerprint density at radius 2 is 1.79 bits per heavy atom. The van der Waals surface area contributed by atoms with Gasteiger partial charge in [-0.05, 0) is 43.6 Å². The number of H-pyrrole nitrogens is 1. The van der Waals surface area contributed by atoms with Crippen LogP contribution in [0.2, 0.25) is 0 Å². The topological polar surface area (TPSA) is 129 Å². The van der Waals surface area contributed by atoms with Gasteiger partial charge in [-0.2, -0.15) is 5.10 Å². The van der Waals surface area contributed by atoms with Crippen molar-refractivity contribution in [1.29, 1.82) is 0 Å². The molecule has 1 aliphatic heterocycles. The van der Waals surface area contributed by atoms with Crippen LogP contribution in [0.25, 0.3) is 11.1 Å². The molecule has 9 nitrogen and oxygen atoms in total. The first-order chi connectivity index (χ1) is 16.6. The Kier molecular flexibility index (Phi) is 6.01. The van der Waals surface area contributed by atoms with Crippen LogP contribution in [-0.2, 0) is 0 Å². The normalized spacial score (nSPS) is 14.8. The van der Waals surface area contributed by atoms with E-state index in [0.29, 0.717) is 22.4 Å². The van der Waals surface area contributed by atoms with Crippen LogP contribution in [0.15, 0.2) is 65.1 Å². The lowest BCUT2D eigenvalue weighted by molar-refractivity contribution is 0.0901. The molecule has 1 aliphatic rings. The minimum Gasteiger partial charge on any atom is -0.445 e. The monoisotopic (exact) mass is 458 g/mol. The molecule has 1 fully saturated rings. The highest BCUT2D eigenvalue weighted by molar-refractivity contribution is 6.10. The number of hydrogen-bond donors (Lipinski definition) is 4. The lowest BCUT2D eigenvalue weighted by atomic mass is 10.1. The van der Waals surface area contributed by atoms with Gasteiger partial charge < -0.3 is 25.7 Å². The zero-order valence-corrected chi connectivity index (χ0v) is 18.6. The minimum absolute atomic E-state index is 0.140. The first kappa shape index (κ1) is 21.7. The van der Waals surface area contributed by atoms with E-state index in [9.17, 15) is 9.59 Å². The molecule has 1 atom stereocenters. The Hall–Kier alpha value is -4.11. The number of rotatable bonds is 7. The van der Waals surface area contributed by atoms with E-state index in [4.69, 9.17) is 10.2 Å². The Bertz CT molecular complexity index is 1310. The number of benzene rings is 2. The number of amides is 2. The van der Waals surface area contributed by atoms with Crippen molar-refractivity contribution >= 4 is 34.4 Å². The average molecular weight is 459 g/mol. The molecule has 9 heteroatoms. The first-order valence-corrected chi connectivity index (χ1v) is 11.3. The van der Waals surface area contributed by atoms with Crippen LogP contribution < -0.4 is 16.4 Å². The summed E-state index contributed by atoms with van der Waals surface area (Å²) in [5.41, 5.74) is 8.42. The maximum Gasteiger partial charge on any atom is 0.287 e. The number of carbonyl (C=O) groups is 2. The van der Waals surface area contributed by atoms with Crippen molar-refractivity contribution in [2.24, 2.45) is 0 Å². The van der Waals surface area contributed by atoms with Gasteiger partial charge in [0, 0.05) is 18.3 Å². The molecule has 3 heterocycles. The smallest absolute Gasteiger partial charge is 0.287 e. The van der Waals surface area contributed by atoms with Crippen molar-refractivity contribution in [1.82, 2.24) is 20.4 Å². The number of likely N-dealkylation sites (tertiary alicyclic amines) is 1. The minimum atomic E-state index is -0.413. The third-order valence-corrected chi connectivity index (χ3v) is 6.04. The van der Waals surface area contributed by atoms with Crippen LogP contribution in [0.5, 0.6) is 0 Å². The van der Waals surface area contributed by atoms with Crippen molar-refractivity contribution in [3.8, 4) is 0 Å². The van der Waals surface area contributed by atoms with E-state index in [0.717, 1.165) is 25.2 Å². The molecule has 4 aromatic rings. The van der Waals surface area contributed by atoms with Crippen molar-refractivity contribution < 1.29 is 14.0 Å². The lowest BCUT2D eigenvalue weighted by Crippen LogP contribution is -2.36. The number of aromatic amines is 1. The van der Waals surface area contributed by atoms with Gasteiger partial charge in [0.2, 0.25) is 0 Å². The van der Waals surface area contributed by atoms with E-state index in [1.165, 1.54) is 12.8 Å². The van der Waals surface area contributed by atoms with E-state index in [-0.39, 0.29) is 23.5 Å². The molecule has 5 N–H and O–H groups in total. The maximum absolute atomic E-state index is 13.1. The van der Waals surface area contributed by atoms with Crippen LogP contribution >= 0.6 is 0 Å². The zero-order valence-electron chi connectivity index (χ0n) is 18.6. The van der Waals surface area contributed by atoms with Gasteiger partial charge in [-0.1, -0.05) is 42.5 Å². The largest absolute Gasteiger partial charge is 0.445 e. The quantitative estimate of drug-likeness (QED) is 0.314. The second-order valence-corrected chi connectivity index (χ2v) is 8.41. The molecular formula is C25H26N6O3. The Labute approximate surface area is 196 Å². The van der Waals surface area contributed by atoms with Gasteiger partial charge in [0.05, 0.1) is 11.6 Å². The van der Waals surface area contributed by atoms with Crippen LogP contribution in [0.1, 0.15) is 45.4 Å². The number of para-hydroxylation sites is 1. The molecule has 2 aromatic heterocycles. The van der Waals surface area contributed by atoms with Gasteiger partial charge in [0.1, 0.15) is 5.52 Å². The van der Waals surface area contributed by atoms with Gasteiger partial charge in [0.15, 0.2) is 17.2 Å². The lowest BCUT2D eigenvalue weighted by Gasteiger charge is -2.24. The standard InChI is InChI=1S/C25H26N6O3/c26-18-11-5-4-10-17(18)24(32)28-23-22-19(29-30-23)14-21(34-22)25(33)27-20(15-31-12-6-7-13-31)16-8-2-1-3-9-16/h1-5,8-11,14,20H,6-7,12-13,15,26H2,(H,27,33)(H2,28,29,30,32)/t20-/m1/s1. The van der Waals surface area contributed by atoms with Gasteiger partial charge in [-0.15, -0.1) is 0 Å². The first-order valence-electron chi connectivity index (χ1n) is 11.3. The van der Waals surface area contributed by atoms with Crippen molar-refractivity contribution in [2.75, 3.05) is 30.7 Å². The number of nitrogens with one attached hydrogen (secondary N) is 3. The number of nitrogens with zero attached hydrogens (tertiary/aromatic N) is 2. The molecule has 0 saturated carbocycles. The molecular weight excluding hydrogens is 432 g/mol. The second-order valence-electron chi connectivity index (χ2n) is 8.41. The molecule has 0 unspecified atom stereocenters. The fraction of sp³-hybridized carbons (Fsp3) is 0.240. The summed E-state index contributed by atoms with van der Waals surface area (Å²) in [7, 11) is 0. The van der Waals surface area contributed by atoms with E-state index >= 15 is 0 Å². The zero-order chi connectivity index (χ0) is 23.5. The molecule has 1 saturated heterocycles. The predicted octanol–water partition coefficient (Wildman–Crippen LogP) is 3.56. The summed E-state index contributed by atoms with van der Waals surface area (Å²) in [5.74, 6) is -0.411. The molecule has 2 amide bonds. The summed E-state index contributed by atoms with van der Waals surface area (Å²) >= 11 is 0. The summed E-state index contributed by atoms with van der Waals surface area (Å²) in [6, 6.07) is 18.1. The molecule has 0 bridgehead atoms. The molecule has 0 aliphatic carbocycles. The number of hydrogen-bond acceptors (Lipinski definition) is 6. The second kappa shape index (κ2) is 9.40. The highest BCUT2D eigenvalue weighted by Crippen LogP contribution is 2.26. The summed E-state index contributed by atoms with van der Waals surface area (Å²) in [5, 5.41) is 12.7. The fourth-order valence-electron chi connectivity index (χ4n) is 4.26. The third kappa shape index (κ3) is 4.51. The number of aromatic nitrogens is 2. The van der Waals surface area contributed by atoms with Gasteiger partial charge in [-0.3, -0.25) is 14.7 Å². The number of fused-ring (bicyclic) bond motifs is 1. The van der Waals surface area contributed by atoms with Gasteiger partial charge >= 0.3 is 0 Å². The molecule has 174 valence electrons. The van der Waals surface area contributed by atoms with Gasteiger partial charge in [0.25, 0.3) is 11.8 Å². The van der Waals surface area contributed by atoms with Crippen LogP contribution in [-0.4, -0.2) is 46.5 Å². The number of furan rings is 1. The Morgan fingerprint density at radius 3 is 2.56 bits per heavy atom. The van der Waals surface area contributed by atoms with Crippen molar-refractivity contribution in [3.05, 3.63) is 77.6 Å². The van der Waals surface area contributed by atoms with Crippen LogP contribution in [0.4, 0.5) is 11.5 Å². The summed E-state index contributed by atoms with van der Waals surface area (Å²) in [6.45, 7) is 2.79. The van der Waals surface area contributed by atoms with Crippen LogP contribution in [0.3, 0.4) is 0 Å². The average Bonchev–Trinajstić information content (AvgIpc) is 3.59. The van der Waals surface area contributed by atoms with Crippen LogP contribution in [0, 0.1) is 0 Å². The van der Waals surface area contributed by atoms with E-state index in [1.807, 2.05) is 30.3 Å². The van der Waals surface area contributed by atoms with Crippen molar-refractivity contribution in [2.45, 2.75) is 18.9 Å². The predicted molar refractivity (Wildman–Crippen MR) is 129 cm³/mol. The van der Waals surface area contributed by atoms with Gasteiger partial charge in [-0.25, -0.2) is 0 Å². The number of nitrogens with two attached hydrogens (primary N) is 1. The fourth-order valence-corrected chi connectivity index (χ4v) is 4.26. The highest BCUT2D eigenvalue weighted by atomic mass is 16.3. The summed E-state index contributed by atoms with van der Waals surface area (Å²) in [6.07, 6.45) is 2.35. The Morgan fingerprint density at radius 1 is 1.06 bits per heavy atom. The molecule has 0 radical (unpaired) electrons. The van der Waals surface area contributed by atoms with E-state index < -0.39 is 5.91 Å². The van der Waals surface area contributed by atoms with E-state index in [1.54, 1.807) is 30.3 Å². The summed E-state index contributed by atoms with van der Waals surface area (Å²) < 4.78 is 5.81. The third-order valence-electron chi connectivity index (χ3n) is 6.04. The van der Waals surface area contributed by atoms with Crippen molar-refractivity contribution in [3.63, 3.8) is 0 Å².